The first kappa shape index (κ1) is 11.3. The normalized spacial score (nSPS) is 12.9. The first-order valence-corrected chi connectivity index (χ1v) is 6.12. The molecule has 0 aliphatic rings. The van der Waals surface area contributed by atoms with Gasteiger partial charge >= 0.3 is 0 Å². The van der Waals surface area contributed by atoms with Gasteiger partial charge in [-0.3, -0.25) is 0 Å². The quantitative estimate of drug-likeness (QED) is 0.806. The smallest absolute Gasteiger partial charge is 0.130 e. The van der Waals surface area contributed by atoms with E-state index in [0.29, 0.717) is 6.54 Å². The molecule has 0 N–H and O–H groups in total. The molecule has 0 saturated carbocycles. The molecule has 0 radical (unpaired) electrons. The Kier molecular flexibility index (Phi) is 3.38. The molecular weight excluding hydrogens is 270 g/mol. The Morgan fingerprint density at radius 1 is 1.50 bits per heavy atom. The van der Waals surface area contributed by atoms with Crippen LogP contribution in [0.3, 0.4) is 0 Å². The molecule has 0 amide bonds. The minimum absolute atomic E-state index is 0.280. The monoisotopic (exact) mass is 283 g/mol. The summed E-state index contributed by atoms with van der Waals surface area (Å²) in [5.74, 6) is 0.971. The van der Waals surface area contributed by atoms with Crippen LogP contribution in [0.15, 0.2) is 18.6 Å². The van der Waals surface area contributed by atoms with Crippen LogP contribution in [0, 0.1) is 0 Å². The zero-order chi connectivity index (χ0) is 11.5. The first-order valence-electron chi connectivity index (χ1n) is 5.21. The molecule has 2 heterocycles. The SMILES string of the molecule is CCC(Br)c1cn(Cc2nccn2C)nn1. The van der Waals surface area contributed by atoms with Crippen molar-refractivity contribution in [1.82, 2.24) is 24.5 Å². The molecule has 1 atom stereocenters. The fraction of sp³-hybridized carbons (Fsp3) is 0.500. The number of hydrogen-bond acceptors (Lipinski definition) is 3. The lowest BCUT2D eigenvalue weighted by Crippen LogP contribution is -2.06. The molecule has 1 unspecified atom stereocenters. The molecule has 0 spiro atoms. The Morgan fingerprint density at radius 3 is 2.94 bits per heavy atom. The molecule has 2 aromatic rings. The highest BCUT2D eigenvalue weighted by Crippen LogP contribution is 2.23. The van der Waals surface area contributed by atoms with E-state index in [1.807, 2.05) is 28.7 Å². The van der Waals surface area contributed by atoms with Crippen molar-refractivity contribution < 1.29 is 0 Å². The minimum Gasteiger partial charge on any atom is -0.336 e. The minimum atomic E-state index is 0.280. The van der Waals surface area contributed by atoms with Crippen molar-refractivity contribution in [1.29, 1.82) is 0 Å². The van der Waals surface area contributed by atoms with Gasteiger partial charge in [0.2, 0.25) is 0 Å². The predicted octanol–water partition coefficient (Wildman–Crippen LogP) is 1.91. The summed E-state index contributed by atoms with van der Waals surface area (Å²) in [5.41, 5.74) is 0.969. The number of hydrogen-bond donors (Lipinski definition) is 0. The number of imidazole rings is 1. The third kappa shape index (κ3) is 2.32. The molecule has 0 aromatic carbocycles. The maximum Gasteiger partial charge on any atom is 0.130 e. The molecule has 6 heteroatoms. The first-order chi connectivity index (χ1) is 7.70. The van der Waals surface area contributed by atoms with Gasteiger partial charge < -0.3 is 4.57 Å². The van der Waals surface area contributed by atoms with E-state index in [9.17, 15) is 0 Å². The lowest BCUT2D eigenvalue weighted by Gasteiger charge is -2.01. The molecule has 5 nitrogen and oxygen atoms in total. The van der Waals surface area contributed by atoms with Crippen LogP contribution in [-0.2, 0) is 13.6 Å². The van der Waals surface area contributed by atoms with Crippen LogP contribution in [-0.4, -0.2) is 24.5 Å². The highest BCUT2D eigenvalue weighted by atomic mass is 79.9. The van der Waals surface area contributed by atoms with Crippen molar-refractivity contribution in [2.75, 3.05) is 0 Å². The van der Waals surface area contributed by atoms with Gasteiger partial charge in [0.15, 0.2) is 0 Å². The third-order valence-electron chi connectivity index (χ3n) is 2.46. The second-order valence-corrected chi connectivity index (χ2v) is 4.78. The zero-order valence-corrected chi connectivity index (χ0v) is 10.9. The molecule has 0 saturated heterocycles. The summed E-state index contributed by atoms with van der Waals surface area (Å²) in [5, 5.41) is 8.21. The maximum absolute atomic E-state index is 4.25. The van der Waals surface area contributed by atoms with Crippen LogP contribution in [0.4, 0.5) is 0 Å². The standard InChI is InChI=1S/C10H14BrN5/c1-3-8(11)9-6-16(14-13-9)7-10-12-4-5-15(10)2/h4-6,8H,3,7H2,1-2H3. The fourth-order valence-corrected chi connectivity index (χ4v) is 1.65. The summed E-state index contributed by atoms with van der Waals surface area (Å²) >= 11 is 3.55. The summed E-state index contributed by atoms with van der Waals surface area (Å²) in [6, 6.07) is 0. The number of alkyl halides is 1. The van der Waals surface area contributed by atoms with Crippen LogP contribution >= 0.6 is 15.9 Å². The van der Waals surface area contributed by atoms with Crippen molar-refractivity contribution >= 4 is 15.9 Å². The van der Waals surface area contributed by atoms with Gasteiger partial charge in [-0.2, -0.15) is 0 Å². The molecule has 0 bridgehead atoms. The van der Waals surface area contributed by atoms with Gasteiger partial charge in [-0.05, 0) is 6.42 Å². The van der Waals surface area contributed by atoms with E-state index in [2.05, 4.69) is 38.1 Å². The van der Waals surface area contributed by atoms with Crippen molar-refractivity contribution in [3.63, 3.8) is 0 Å². The van der Waals surface area contributed by atoms with Crippen LogP contribution in [0.25, 0.3) is 0 Å². The summed E-state index contributed by atoms with van der Waals surface area (Å²) in [6.45, 7) is 2.76. The van der Waals surface area contributed by atoms with Gasteiger partial charge in [-0.1, -0.05) is 28.1 Å². The third-order valence-corrected chi connectivity index (χ3v) is 3.58. The van der Waals surface area contributed by atoms with Gasteiger partial charge in [0.25, 0.3) is 0 Å². The summed E-state index contributed by atoms with van der Waals surface area (Å²) in [7, 11) is 1.97. The Labute approximate surface area is 103 Å². The van der Waals surface area contributed by atoms with Crippen molar-refractivity contribution in [2.45, 2.75) is 24.7 Å². The summed E-state index contributed by atoms with van der Waals surface area (Å²) in [4.78, 5) is 4.53. The number of halogens is 1. The molecule has 2 rings (SSSR count). The second kappa shape index (κ2) is 4.78. The van der Waals surface area contributed by atoms with Crippen LogP contribution in [0.5, 0.6) is 0 Å². The number of aryl methyl sites for hydroxylation is 1. The predicted molar refractivity (Wildman–Crippen MR) is 64.3 cm³/mol. The lowest BCUT2D eigenvalue weighted by atomic mass is 10.3. The molecule has 2 aromatic heterocycles. The second-order valence-electron chi connectivity index (χ2n) is 3.67. The van der Waals surface area contributed by atoms with Gasteiger partial charge in [0.1, 0.15) is 12.4 Å². The van der Waals surface area contributed by atoms with E-state index >= 15 is 0 Å². The largest absolute Gasteiger partial charge is 0.336 e. The lowest BCUT2D eigenvalue weighted by molar-refractivity contribution is 0.607. The Morgan fingerprint density at radius 2 is 2.31 bits per heavy atom. The van der Waals surface area contributed by atoms with Gasteiger partial charge in [-0.25, -0.2) is 9.67 Å². The average molecular weight is 284 g/mol. The van der Waals surface area contributed by atoms with Gasteiger partial charge in [0.05, 0.1) is 16.7 Å². The summed E-state index contributed by atoms with van der Waals surface area (Å²) in [6.07, 6.45) is 6.66. The van der Waals surface area contributed by atoms with E-state index in [0.717, 1.165) is 17.9 Å². The van der Waals surface area contributed by atoms with Gasteiger partial charge in [-0.15, -0.1) is 5.10 Å². The van der Waals surface area contributed by atoms with E-state index in [4.69, 9.17) is 0 Å². The number of aromatic nitrogens is 5. The Hall–Kier alpha value is -1.17. The number of rotatable bonds is 4. The average Bonchev–Trinajstić information content (AvgIpc) is 2.89. The highest BCUT2D eigenvalue weighted by molar-refractivity contribution is 9.09. The van der Waals surface area contributed by atoms with E-state index in [1.54, 1.807) is 6.20 Å². The van der Waals surface area contributed by atoms with Crippen LogP contribution < -0.4 is 0 Å². The van der Waals surface area contributed by atoms with Crippen molar-refractivity contribution in [3.05, 3.63) is 30.1 Å². The van der Waals surface area contributed by atoms with Crippen molar-refractivity contribution in [3.8, 4) is 0 Å². The fourth-order valence-electron chi connectivity index (χ4n) is 1.44. The van der Waals surface area contributed by atoms with E-state index < -0.39 is 0 Å². The molecule has 16 heavy (non-hydrogen) atoms. The van der Waals surface area contributed by atoms with E-state index in [-0.39, 0.29) is 4.83 Å². The maximum atomic E-state index is 4.25. The summed E-state index contributed by atoms with van der Waals surface area (Å²) < 4.78 is 3.79. The van der Waals surface area contributed by atoms with E-state index in [1.165, 1.54) is 0 Å². The zero-order valence-electron chi connectivity index (χ0n) is 9.34. The topological polar surface area (TPSA) is 48.5 Å². The van der Waals surface area contributed by atoms with Crippen LogP contribution in [0.1, 0.15) is 29.7 Å². The molecule has 0 aliphatic carbocycles. The molecular formula is C10H14BrN5. The molecule has 0 fully saturated rings. The Bertz CT molecular complexity index is 461. The van der Waals surface area contributed by atoms with Crippen LogP contribution in [0.2, 0.25) is 0 Å². The molecule has 86 valence electrons. The molecule has 0 aliphatic heterocycles. The Balaban J connectivity index is 2.11. The van der Waals surface area contributed by atoms with Gasteiger partial charge in [0, 0.05) is 19.4 Å². The highest BCUT2D eigenvalue weighted by Gasteiger charge is 2.10. The van der Waals surface area contributed by atoms with Crippen molar-refractivity contribution in [2.24, 2.45) is 7.05 Å². The number of nitrogens with zero attached hydrogens (tertiary/aromatic N) is 5.